The van der Waals surface area contributed by atoms with Crippen molar-refractivity contribution in [1.29, 1.82) is 0 Å². The van der Waals surface area contributed by atoms with Gasteiger partial charge in [0.05, 0.1) is 11.3 Å². The number of anilines is 1. The Morgan fingerprint density at radius 1 is 1.17 bits per heavy atom. The molecule has 124 valence electrons. The molecule has 1 saturated carbocycles. The highest BCUT2D eigenvalue weighted by molar-refractivity contribution is 6.05. The summed E-state index contributed by atoms with van der Waals surface area (Å²) < 4.78 is 0. The topological polar surface area (TPSA) is 66.6 Å². The molecule has 0 atom stereocenters. The van der Waals surface area contributed by atoms with E-state index in [2.05, 4.69) is 0 Å². The van der Waals surface area contributed by atoms with Crippen LogP contribution in [0.5, 0.6) is 0 Å². The summed E-state index contributed by atoms with van der Waals surface area (Å²) in [6.45, 7) is 2.18. The van der Waals surface area contributed by atoms with E-state index in [0.29, 0.717) is 18.0 Å². The number of hydrogen-bond donors (Lipinski definition) is 1. The van der Waals surface area contributed by atoms with Gasteiger partial charge in [-0.1, -0.05) is 12.1 Å². The molecule has 0 aromatic heterocycles. The van der Waals surface area contributed by atoms with Gasteiger partial charge in [0.2, 0.25) is 5.91 Å². The summed E-state index contributed by atoms with van der Waals surface area (Å²) in [4.78, 5) is 28.8. The average molecular weight is 315 g/mol. The van der Waals surface area contributed by atoms with Crippen LogP contribution in [0.4, 0.5) is 5.69 Å². The van der Waals surface area contributed by atoms with E-state index in [1.807, 2.05) is 29.2 Å². The first-order valence-electron chi connectivity index (χ1n) is 8.47. The van der Waals surface area contributed by atoms with Gasteiger partial charge >= 0.3 is 0 Å². The fraction of sp³-hybridized carbons (Fsp3) is 0.556. The summed E-state index contributed by atoms with van der Waals surface area (Å²) in [7, 11) is 1.77. The van der Waals surface area contributed by atoms with Crippen LogP contribution in [-0.2, 0) is 4.79 Å². The maximum Gasteiger partial charge on any atom is 0.255 e. The van der Waals surface area contributed by atoms with Crippen LogP contribution in [-0.4, -0.2) is 43.4 Å². The van der Waals surface area contributed by atoms with Crippen molar-refractivity contribution in [3.8, 4) is 0 Å². The molecule has 1 aliphatic heterocycles. The zero-order valence-electron chi connectivity index (χ0n) is 13.7. The number of nitrogens with two attached hydrogens (primary N) is 1. The lowest BCUT2D eigenvalue weighted by Crippen LogP contribution is -2.41. The van der Waals surface area contributed by atoms with E-state index < -0.39 is 0 Å². The maximum absolute atomic E-state index is 12.9. The van der Waals surface area contributed by atoms with Gasteiger partial charge in [-0.05, 0) is 50.3 Å². The fourth-order valence-electron chi connectivity index (χ4n) is 3.21. The third-order valence-electron chi connectivity index (χ3n) is 4.99. The second kappa shape index (κ2) is 6.71. The molecule has 1 aromatic rings. The molecule has 1 aliphatic carbocycles. The Morgan fingerprint density at radius 2 is 1.83 bits per heavy atom. The summed E-state index contributed by atoms with van der Waals surface area (Å²) in [5.74, 6) is 0.801. The van der Waals surface area contributed by atoms with Gasteiger partial charge in [0.25, 0.3) is 5.91 Å². The zero-order valence-corrected chi connectivity index (χ0v) is 13.7. The molecule has 1 saturated heterocycles. The van der Waals surface area contributed by atoms with Crippen LogP contribution in [0.15, 0.2) is 24.3 Å². The number of amides is 2. The largest absolute Gasteiger partial charge is 0.339 e. The highest BCUT2D eigenvalue weighted by atomic mass is 16.2. The summed E-state index contributed by atoms with van der Waals surface area (Å²) in [6, 6.07) is 7.42. The molecule has 2 N–H and O–H groups in total. The molecule has 5 nitrogen and oxygen atoms in total. The second-order valence-electron chi connectivity index (χ2n) is 6.66. The summed E-state index contributed by atoms with van der Waals surface area (Å²) in [6.07, 6.45) is 3.85. The summed E-state index contributed by atoms with van der Waals surface area (Å²) >= 11 is 0. The number of benzene rings is 1. The van der Waals surface area contributed by atoms with Crippen LogP contribution in [0.3, 0.4) is 0 Å². The lowest BCUT2D eigenvalue weighted by atomic mass is 9.96. The highest BCUT2D eigenvalue weighted by Crippen LogP contribution is 2.33. The Bertz CT molecular complexity index is 590. The number of para-hydroxylation sites is 1. The first-order valence-corrected chi connectivity index (χ1v) is 8.47. The Kier molecular flexibility index (Phi) is 4.66. The first kappa shape index (κ1) is 16.0. The van der Waals surface area contributed by atoms with Gasteiger partial charge in [0.1, 0.15) is 0 Å². The molecule has 23 heavy (non-hydrogen) atoms. The Balaban J connectivity index is 1.77. The molecule has 0 radical (unpaired) electrons. The maximum atomic E-state index is 12.9. The van der Waals surface area contributed by atoms with Crippen molar-refractivity contribution >= 4 is 17.5 Å². The predicted molar refractivity (Wildman–Crippen MR) is 90.3 cm³/mol. The number of piperidine rings is 1. The number of likely N-dealkylation sites (tertiary alicyclic amines) is 1. The van der Waals surface area contributed by atoms with Crippen LogP contribution < -0.4 is 10.6 Å². The van der Waals surface area contributed by atoms with E-state index in [9.17, 15) is 9.59 Å². The smallest absolute Gasteiger partial charge is 0.255 e. The molecular formula is C18H25N3O2. The predicted octanol–water partition coefficient (Wildman–Crippen LogP) is 1.87. The zero-order chi connectivity index (χ0) is 16.4. The van der Waals surface area contributed by atoms with Crippen LogP contribution >= 0.6 is 0 Å². The van der Waals surface area contributed by atoms with E-state index in [0.717, 1.165) is 44.5 Å². The molecule has 2 fully saturated rings. The van der Waals surface area contributed by atoms with Gasteiger partial charge < -0.3 is 15.5 Å². The van der Waals surface area contributed by atoms with E-state index in [-0.39, 0.29) is 17.7 Å². The van der Waals surface area contributed by atoms with E-state index >= 15 is 0 Å². The van der Waals surface area contributed by atoms with Crippen molar-refractivity contribution in [2.24, 2.45) is 17.6 Å². The van der Waals surface area contributed by atoms with Crippen molar-refractivity contribution in [1.82, 2.24) is 4.90 Å². The average Bonchev–Trinajstić information content (AvgIpc) is 3.45. The van der Waals surface area contributed by atoms with Crippen LogP contribution in [0, 0.1) is 11.8 Å². The molecule has 1 heterocycles. The van der Waals surface area contributed by atoms with Gasteiger partial charge in [-0.15, -0.1) is 0 Å². The molecule has 0 spiro atoms. The van der Waals surface area contributed by atoms with Crippen LogP contribution in [0.1, 0.15) is 36.0 Å². The highest BCUT2D eigenvalue weighted by Gasteiger charge is 2.34. The van der Waals surface area contributed by atoms with Gasteiger partial charge in [-0.25, -0.2) is 0 Å². The lowest BCUT2D eigenvalue weighted by molar-refractivity contribution is -0.119. The van der Waals surface area contributed by atoms with Crippen molar-refractivity contribution in [2.75, 3.05) is 31.6 Å². The molecule has 1 aromatic carbocycles. The lowest BCUT2D eigenvalue weighted by Gasteiger charge is -2.32. The van der Waals surface area contributed by atoms with Crippen molar-refractivity contribution in [3.05, 3.63) is 29.8 Å². The molecule has 5 heteroatoms. The minimum Gasteiger partial charge on any atom is -0.339 e. The Hall–Kier alpha value is -1.88. The number of nitrogens with zero attached hydrogens (tertiary/aromatic N) is 2. The Labute approximate surface area is 137 Å². The molecule has 2 amide bonds. The quantitative estimate of drug-likeness (QED) is 0.922. The summed E-state index contributed by atoms with van der Waals surface area (Å²) in [5, 5.41) is 0. The van der Waals surface area contributed by atoms with E-state index in [1.165, 1.54) is 0 Å². The van der Waals surface area contributed by atoms with Crippen LogP contribution in [0.2, 0.25) is 0 Å². The van der Waals surface area contributed by atoms with E-state index in [4.69, 9.17) is 5.73 Å². The summed E-state index contributed by atoms with van der Waals surface area (Å²) in [5.41, 5.74) is 7.06. The number of hydrogen-bond acceptors (Lipinski definition) is 3. The van der Waals surface area contributed by atoms with Crippen LogP contribution in [0.25, 0.3) is 0 Å². The molecular weight excluding hydrogens is 290 g/mol. The minimum absolute atomic E-state index is 0.0199. The van der Waals surface area contributed by atoms with E-state index in [1.54, 1.807) is 11.9 Å². The minimum atomic E-state index is 0.0199. The fourth-order valence-corrected chi connectivity index (χ4v) is 3.21. The molecule has 0 unspecified atom stereocenters. The molecule has 3 rings (SSSR count). The third kappa shape index (κ3) is 3.39. The first-order chi connectivity index (χ1) is 11.1. The second-order valence-corrected chi connectivity index (χ2v) is 6.66. The van der Waals surface area contributed by atoms with Crippen molar-refractivity contribution < 1.29 is 9.59 Å². The normalized spacial score (nSPS) is 18.8. The monoisotopic (exact) mass is 315 g/mol. The van der Waals surface area contributed by atoms with Gasteiger partial charge in [-0.2, -0.15) is 0 Å². The van der Waals surface area contributed by atoms with Gasteiger partial charge in [-0.3, -0.25) is 9.59 Å². The standard InChI is InChI=1S/C18H25N3O2/c1-20(17(22)14-6-7-14)16-5-3-2-4-15(16)18(23)21-10-8-13(12-19)9-11-21/h2-5,13-14H,6-12,19H2,1H3. The third-order valence-corrected chi connectivity index (χ3v) is 4.99. The SMILES string of the molecule is CN(C(=O)C1CC1)c1ccccc1C(=O)N1CCC(CN)CC1. The molecule has 2 aliphatic rings. The number of rotatable bonds is 4. The van der Waals surface area contributed by atoms with Gasteiger partial charge in [0, 0.05) is 26.1 Å². The Morgan fingerprint density at radius 3 is 2.43 bits per heavy atom. The van der Waals surface area contributed by atoms with Crippen molar-refractivity contribution in [3.63, 3.8) is 0 Å². The van der Waals surface area contributed by atoms with Gasteiger partial charge in [0.15, 0.2) is 0 Å². The number of carbonyl (C=O) groups is 2. The number of carbonyl (C=O) groups excluding carboxylic acids is 2. The molecule has 0 bridgehead atoms. The van der Waals surface area contributed by atoms with Crippen molar-refractivity contribution in [2.45, 2.75) is 25.7 Å².